The maximum atomic E-state index is 5.38. The molecule has 2 rings (SSSR count). The molecule has 1 aliphatic heterocycles. The van der Waals surface area contributed by atoms with Gasteiger partial charge in [0.05, 0.1) is 0 Å². The van der Waals surface area contributed by atoms with Crippen LogP contribution in [0.4, 0.5) is 5.82 Å². The van der Waals surface area contributed by atoms with E-state index in [0.29, 0.717) is 12.0 Å². The largest absolute Gasteiger partial charge is 0.381 e. The quantitative estimate of drug-likeness (QED) is 0.850. The van der Waals surface area contributed by atoms with Crippen LogP contribution >= 0.6 is 0 Å². The van der Waals surface area contributed by atoms with Crippen LogP contribution in [0.15, 0.2) is 18.2 Å². The van der Waals surface area contributed by atoms with E-state index in [1.807, 2.05) is 25.1 Å². The van der Waals surface area contributed by atoms with Crippen LogP contribution in [0.2, 0.25) is 0 Å². The fourth-order valence-electron chi connectivity index (χ4n) is 2.19. The first kappa shape index (κ1) is 11.4. The minimum atomic E-state index is 0.471. The van der Waals surface area contributed by atoms with Crippen molar-refractivity contribution in [1.29, 1.82) is 0 Å². The van der Waals surface area contributed by atoms with Crippen molar-refractivity contribution in [2.45, 2.75) is 32.7 Å². The van der Waals surface area contributed by atoms with Gasteiger partial charge in [-0.25, -0.2) is 4.98 Å². The topological polar surface area (TPSA) is 34.1 Å². The number of pyridine rings is 1. The van der Waals surface area contributed by atoms with Crippen LogP contribution in [0.1, 0.15) is 25.5 Å². The summed E-state index contributed by atoms with van der Waals surface area (Å²) >= 11 is 0. The molecular formula is C13H20N2O. The Morgan fingerprint density at radius 2 is 2.12 bits per heavy atom. The molecule has 1 aromatic rings. The molecule has 88 valence electrons. The highest BCUT2D eigenvalue weighted by molar-refractivity contribution is 5.36. The minimum Gasteiger partial charge on any atom is -0.381 e. The molecule has 0 amide bonds. The highest BCUT2D eigenvalue weighted by Crippen LogP contribution is 2.21. The summed E-state index contributed by atoms with van der Waals surface area (Å²) in [5.74, 6) is 1.69. The molecule has 0 bridgehead atoms. The normalized spacial score (nSPS) is 19.4. The Morgan fingerprint density at radius 3 is 2.81 bits per heavy atom. The summed E-state index contributed by atoms with van der Waals surface area (Å²) in [5.41, 5.74) is 1.06. The number of aromatic nitrogens is 1. The first-order valence-electron chi connectivity index (χ1n) is 6.03. The highest BCUT2D eigenvalue weighted by Gasteiger charge is 2.20. The van der Waals surface area contributed by atoms with E-state index in [4.69, 9.17) is 4.74 Å². The number of anilines is 1. The molecule has 0 saturated carbocycles. The molecule has 1 aromatic heterocycles. The summed E-state index contributed by atoms with van der Waals surface area (Å²) in [7, 11) is 0. The van der Waals surface area contributed by atoms with Crippen LogP contribution in [0.5, 0.6) is 0 Å². The van der Waals surface area contributed by atoms with E-state index in [1.165, 1.54) is 0 Å². The van der Waals surface area contributed by atoms with E-state index in [-0.39, 0.29) is 0 Å². The molecule has 1 unspecified atom stereocenters. The number of nitrogens with one attached hydrogen (secondary N) is 1. The maximum absolute atomic E-state index is 5.38. The first-order chi connectivity index (χ1) is 7.75. The standard InChI is InChI=1S/C13H20N2O/c1-10-4-3-5-13(14-10)15-11(2)12-6-8-16-9-7-12/h3-5,11-12H,6-9H2,1-2H3,(H,14,15). The van der Waals surface area contributed by atoms with E-state index in [2.05, 4.69) is 17.2 Å². The smallest absolute Gasteiger partial charge is 0.126 e. The van der Waals surface area contributed by atoms with Gasteiger partial charge in [-0.1, -0.05) is 6.07 Å². The summed E-state index contributed by atoms with van der Waals surface area (Å²) in [6.07, 6.45) is 2.31. The van der Waals surface area contributed by atoms with Crippen LogP contribution in [0, 0.1) is 12.8 Å². The lowest BCUT2D eigenvalue weighted by Crippen LogP contribution is -2.31. The van der Waals surface area contributed by atoms with Crippen LogP contribution < -0.4 is 5.32 Å². The molecule has 1 saturated heterocycles. The van der Waals surface area contributed by atoms with E-state index >= 15 is 0 Å². The Kier molecular flexibility index (Phi) is 3.78. The third-order valence-electron chi connectivity index (χ3n) is 3.24. The van der Waals surface area contributed by atoms with Gasteiger partial charge in [-0.2, -0.15) is 0 Å². The summed E-state index contributed by atoms with van der Waals surface area (Å²) < 4.78 is 5.38. The van der Waals surface area contributed by atoms with Gasteiger partial charge in [-0.3, -0.25) is 0 Å². The monoisotopic (exact) mass is 220 g/mol. The predicted molar refractivity (Wildman–Crippen MR) is 65.6 cm³/mol. The summed E-state index contributed by atoms with van der Waals surface area (Å²) in [6.45, 7) is 6.06. The number of hydrogen-bond acceptors (Lipinski definition) is 3. The fourth-order valence-corrected chi connectivity index (χ4v) is 2.19. The van der Waals surface area contributed by atoms with Gasteiger partial charge in [0.25, 0.3) is 0 Å². The third-order valence-corrected chi connectivity index (χ3v) is 3.24. The summed E-state index contributed by atoms with van der Waals surface area (Å²) in [4.78, 5) is 4.47. The number of nitrogens with zero attached hydrogens (tertiary/aromatic N) is 1. The van der Waals surface area contributed by atoms with E-state index in [9.17, 15) is 0 Å². The van der Waals surface area contributed by atoms with Crippen molar-refractivity contribution in [2.75, 3.05) is 18.5 Å². The maximum Gasteiger partial charge on any atom is 0.126 e. The van der Waals surface area contributed by atoms with Crippen molar-refractivity contribution in [3.05, 3.63) is 23.9 Å². The van der Waals surface area contributed by atoms with Gasteiger partial charge in [0.2, 0.25) is 0 Å². The lowest BCUT2D eigenvalue weighted by atomic mass is 9.93. The molecule has 3 nitrogen and oxygen atoms in total. The second-order valence-electron chi connectivity index (χ2n) is 4.55. The Hall–Kier alpha value is -1.09. The molecule has 1 fully saturated rings. The number of aryl methyl sites for hydroxylation is 1. The average Bonchev–Trinajstić information content (AvgIpc) is 2.30. The minimum absolute atomic E-state index is 0.471. The van der Waals surface area contributed by atoms with Crippen molar-refractivity contribution >= 4 is 5.82 Å². The van der Waals surface area contributed by atoms with E-state index < -0.39 is 0 Å². The summed E-state index contributed by atoms with van der Waals surface area (Å²) in [6, 6.07) is 6.56. The predicted octanol–water partition coefficient (Wildman–Crippen LogP) is 2.62. The van der Waals surface area contributed by atoms with Crippen molar-refractivity contribution in [1.82, 2.24) is 4.98 Å². The summed E-state index contributed by atoms with van der Waals surface area (Å²) in [5, 5.41) is 3.49. The number of hydrogen-bond donors (Lipinski definition) is 1. The first-order valence-corrected chi connectivity index (χ1v) is 6.03. The Morgan fingerprint density at radius 1 is 1.38 bits per heavy atom. The fraction of sp³-hybridized carbons (Fsp3) is 0.615. The zero-order valence-electron chi connectivity index (χ0n) is 10.1. The molecule has 16 heavy (non-hydrogen) atoms. The molecular weight excluding hydrogens is 200 g/mol. The Labute approximate surface area is 97.2 Å². The number of ether oxygens (including phenoxy) is 1. The van der Waals surface area contributed by atoms with Crippen molar-refractivity contribution in [2.24, 2.45) is 5.92 Å². The Bertz CT molecular complexity index is 334. The molecule has 1 N–H and O–H groups in total. The number of rotatable bonds is 3. The van der Waals surface area contributed by atoms with Gasteiger partial charge >= 0.3 is 0 Å². The van der Waals surface area contributed by atoms with Crippen LogP contribution in [0.3, 0.4) is 0 Å². The van der Waals surface area contributed by atoms with Gasteiger partial charge in [-0.05, 0) is 44.7 Å². The van der Waals surface area contributed by atoms with Crippen molar-refractivity contribution in [3.63, 3.8) is 0 Å². The van der Waals surface area contributed by atoms with Gasteiger partial charge in [0.15, 0.2) is 0 Å². The Balaban J connectivity index is 1.93. The third kappa shape index (κ3) is 2.95. The van der Waals surface area contributed by atoms with E-state index in [0.717, 1.165) is 37.6 Å². The van der Waals surface area contributed by atoms with Gasteiger partial charge in [0.1, 0.15) is 5.82 Å². The van der Waals surface area contributed by atoms with Crippen LogP contribution in [0.25, 0.3) is 0 Å². The zero-order chi connectivity index (χ0) is 11.4. The van der Waals surface area contributed by atoms with Gasteiger partial charge in [0, 0.05) is 24.9 Å². The SMILES string of the molecule is Cc1cccc(NC(C)C2CCOCC2)n1. The molecule has 0 radical (unpaired) electrons. The molecule has 2 heterocycles. The second kappa shape index (κ2) is 5.30. The zero-order valence-corrected chi connectivity index (χ0v) is 10.1. The van der Waals surface area contributed by atoms with Gasteiger partial charge < -0.3 is 10.1 Å². The molecule has 3 heteroatoms. The van der Waals surface area contributed by atoms with Crippen molar-refractivity contribution < 1.29 is 4.74 Å². The lowest BCUT2D eigenvalue weighted by molar-refractivity contribution is 0.0622. The van der Waals surface area contributed by atoms with Crippen LogP contribution in [-0.2, 0) is 4.74 Å². The molecule has 0 aliphatic carbocycles. The average molecular weight is 220 g/mol. The molecule has 0 spiro atoms. The molecule has 0 aromatic carbocycles. The van der Waals surface area contributed by atoms with Crippen molar-refractivity contribution in [3.8, 4) is 0 Å². The van der Waals surface area contributed by atoms with E-state index in [1.54, 1.807) is 0 Å². The van der Waals surface area contributed by atoms with Crippen LogP contribution in [-0.4, -0.2) is 24.2 Å². The van der Waals surface area contributed by atoms with Gasteiger partial charge in [-0.15, -0.1) is 0 Å². The molecule has 1 atom stereocenters. The molecule has 1 aliphatic rings. The lowest BCUT2D eigenvalue weighted by Gasteiger charge is -2.28. The highest BCUT2D eigenvalue weighted by atomic mass is 16.5. The second-order valence-corrected chi connectivity index (χ2v) is 4.55.